The molecule has 3 heteroatoms. The second-order valence-corrected chi connectivity index (χ2v) is 5.59. The SMILES string of the molecule is NC(=O)c1cccc(CN[C@H]2CCCc3ccccc32)c1. The summed E-state index contributed by atoms with van der Waals surface area (Å²) in [7, 11) is 0. The Morgan fingerprint density at radius 1 is 1.19 bits per heavy atom. The van der Waals surface area contributed by atoms with Crippen LogP contribution in [-0.2, 0) is 13.0 Å². The maximum absolute atomic E-state index is 11.2. The van der Waals surface area contributed by atoms with Crippen molar-refractivity contribution in [2.24, 2.45) is 5.73 Å². The third kappa shape index (κ3) is 3.14. The zero-order valence-corrected chi connectivity index (χ0v) is 12.0. The summed E-state index contributed by atoms with van der Waals surface area (Å²) in [5.41, 5.74) is 9.85. The first-order valence-corrected chi connectivity index (χ1v) is 7.44. The molecule has 108 valence electrons. The van der Waals surface area contributed by atoms with Crippen molar-refractivity contribution in [2.75, 3.05) is 0 Å². The van der Waals surface area contributed by atoms with Crippen molar-refractivity contribution in [3.8, 4) is 0 Å². The van der Waals surface area contributed by atoms with Gasteiger partial charge in [0.05, 0.1) is 0 Å². The Morgan fingerprint density at radius 2 is 2.05 bits per heavy atom. The number of carbonyl (C=O) groups is 1. The Kier molecular flexibility index (Phi) is 4.02. The number of primary amides is 1. The molecule has 1 atom stereocenters. The van der Waals surface area contributed by atoms with Crippen LogP contribution in [0.1, 0.15) is 45.9 Å². The highest BCUT2D eigenvalue weighted by Crippen LogP contribution is 2.29. The molecule has 0 spiro atoms. The molecule has 1 amide bonds. The predicted octanol–water partition coefficient (Wildman–Crippen LogP) is 2.95. The first-order valence-electron chi connectivity index (χ1n) is 7.44. The average Bonchev–Trinajstić information content (AvgIpc) is 2.53. The van der Waals surface area contributed by atoms with Crippen molar-refractivity contribution >= 4 is 5.91 Å². The lowest BCUT2D eigenvalue weighted by Gasteiger charge is -2.26. The summed E-state index contributed by atoms with van der Waals surface area (Å²) in [5, 5.41) is 3.61. The fourth-order valence-corrected chi connectivity index (χ4v) is 3.04. The monoisotopic (exact) mass is 280 g/mol. The van der Waals surface area contributed by atoms with Crippen molar-refractivity contribution in [1.82, 2.24) is 5.32 Å². The lowest BCUT2D eigenvalue weighted by atomic mass is 9.87. The molecule has 3 nitrogen and oxygen atoms in total. The van der Waals surface area contributed by atoms with Crippen molar-refractivity contribution in [1.29, 1.82) is 0 Å². The Hall–Kier alpha value is -2.13. The fraction of sp³-hybridized carbons (Fsp3) is 0.278. The Bertz CT molecular complexity index is 651. The molecule has 0 aromatic heterocycles. The molecule has 0 bridgehead atoms. The third-order valence-corrected chi connectivity index (χ3v) is 4.13. The molecule has 0 saturated carbocycles. The van der Waals surface area contributed by atoms with Crippen LogP contribution in [0.2, 0.25) is 0 Å². The Balaban J connectivity index is 1.71. The van der Waals surface area contributed by atoms with Gasteiger partial charge >= 0.3 is 0 Å². The Labute approximate surface area is 125 Å². The quantitative estimate of drug-likeness (QED) is 0.904. The molecule has 3 rings (SSSR count). The van der Waals surface area contributed by atoms with E-state index in [9.17, 15) is 4.79 Å². The van der Waals surface area contributed by atoms with Crippen LogP contribution in [0.3, 0.4) is 0 Å². The first-order chi connectivity index (χ1) is 10.2. The van der Waals surface area contributed by atoms with E-state index in [2.05, 4.69) is 29.6 Å². The minimum absolute atomic E-state index is 0.375. The molecule has 0 fully saturated rings. The van der Waals surface area contributed by atoms with Crippen LogP contribution in [0.5, 0.6) is 0 Å². The van der Waals surface area contributed by atoms with Crippen LogP contribution in [0.25, 0.3) is 0 Å². The van der Waals surface area contributed by atoms with Crippen LogP contribution in [0, 0.1) is 0 Å². The highest BCUT2D eigenvalue weighted by Gasteiger charge is 2.18. The van der Waals surface area contributed by atoms with Gasteiger partial charge in [-0.1, -0.05) is 36.4 Å². The first kappa shape index (κ1) is 13.8. The number of nitrogens with two attached hydrogens (primary N) is 1. The van der Waals surface area contributed by atoms with Gasteiger partial charge in [-0.05, 0) is 48.1 Å². The van der Waals surface area contributed by atoms with Gasteiger partial charge in [-0.2, -0.15) is 0 Å². The maximum Gasteiger partial charge on any atom is 0.248 e. The zero-order chi connectivity index (χ0) is 14.7. The molecule has 3 N–H and O–H groups in total. The zero-order valence-electron chi connectivity index (χ0n) is 12.0. The average molecular weight is 280 g/mol. The van der Waals surface area contributed by atoms with Gasteiger partial charge in [0.15, 0.2) is 0 Å². The summed E-state index contributed by atoms with van der Waals surface area (Å²) in [6, 6.07) is 16.6. The minimum atomic E-state index is -0.375. The van der Waals surface area contributed by atoms with Gasteiger partial charge in [0.1, 0.15) is 0 Å². The number of hydrogen-bond donors (Lipinski definition) is 2. The smallest absolute Gasteiger partial charge is 0.248 e. The molecule has 0 aliphatic heterocycles. The van der Waals surface area contributed by atoms with Gasteiger partial charge < -0.3 is 11.1 Å². The largest absolute Gasteiger partial charge is 0.366 e. The molecule has 2 aromatic carbocycles. The van der Waals surface area contributed by atoms with Crippen molar-refractivity contribution in [3.05, 3.63) is 70.8 Å². The molecule has 0 saturated heterocycles. The van der Waals surface area contributed by atoms with E-state index in [4.69, 9.17) is 5.73 Å². The minimum Gasteiger partial charge on any atom is -0.366 e. The van der Waals surface area contributed by atoms with E-state index < -0.39 is 0 Å². The second-order valence-electron chi connectivity index (χ2n) is 5.59. The number of nitrogens with one attached hydrogen (secondary N) is 1. The van der Waals surface area contributed by atoms with Crippen LogP contribution >= 0.6 is 0 Å². The van der Waals surface area contributed by atoms with E-state index in [-0.39, 0.29) is 5.91 Å². The van der Waals surface area contributed by atoms with Gasteiger partial charge in [0.2, 0.25) is 5.91 Å². The number of amides is 1. The van der Waals surface area contributed by atoms with E-state index in [1.807, 2.05) is 18.2 Å². The van der Waals surface area contributed by atoms with Crippen LogP contribution in [0.15, 0.2) is 48.5 Å². The number of benzene rings is 2. The van der Waals surface area contributed by atoms with E-state index in [1.54, 1.807) is 6.07 Å². The third-order valence-electron chi connectivity index (χ3n) is 4.13. The molecule has 0 radical (unpaired) electrons. The number of hydrogen-bond acceptors (Lipinski definition) is 2. The van der Waals surface area contributed by atoms with Crippen LogP contribution in [0.4, 0.5) is 0 Å². The van der Waals surface area contributed by atoms with Crippen LogP contribution in [-0.4, -0.2) is 5.91 Å². The molecule has 2 aromatic rings. The number of rotatable bonds is 4. The highest BCUT2D eigenvalue weighted by atomic mass is 16.1. The standard InChI is InChI=1S/C18H20N2O/c19-18(21)15-8-3-5-13(11-15)12-20-17-10-4-7-14-6-1-2-9-16(14)17/h1-3,5-6,8-9,11,17,20H,4,7,10,12H2,(H2,19,21)/t17-/m0/s1. The van der Waals surface area contributed by atoms with Gasteiger partial charge in [-0.25, -0.2) is 0 Å². The topological polar surface area (TPSA) is 55.1 Å². The van der Waals surface area contributed by atoms with Crippen LogP contribution < -0.4 is 11.1 Å². The van der Waals surface area contributed by atoms with Gasteiger partial charge in [0.25, 0.3) is 0 Å². The predicted molar refractivity (Wildman–Crippen MR) is 83.9 cm³/mol. The van der Waals surface area contributed by atoms with E-state index in [1.165, 1.54) is 24.0 Å². The summed E-state index contributed by atoms with van der Waals surface area (Å²) in [4.78, 5) is 11.2. The van der Waals surface area contributed by atoms with Gasteiger partial charge in [-0.15, -0.1) is 0 Å². The maximum atomic E-state index is 11.2. The molecular weight excluding hydrogens is 260 g/mol. The van der Waals surface area contributed by atoms with Gasteiger partial charge in [0, 0.05) is 18.2 Å². The fourth-order valence-electron chi connectivity index (χ4n) is 3.04. The Morgan fingerprint density at radius 3 is 2.90 bits per heavy atom. The summed E-state index contributed by atoms with van der Waals surface area (Å²) in [6.45, 7) is 0.750. The number of aryl methyl sites for hydroxylation is 1. The molecule has 1 aliphatic rings. The van der Waals surface area contributed by atoms with Gasteiger partial charge in [-0.3, -0.25) is 4.79 Å². The molecule has 0 unspecified atom stereocenters. The number of fused-ring (bicyclic) bond motifs is 1. The molecule has 0 heterocycles. The van der Waals surface area contributed by atoms with Crippen molar-refractivity contribution < 1.29 is 4.79 Å². The lowest BCUT2D eigenvalue weighted by Crippen LogP contribution is -2.25. The summed E-state index contributed by atoms with van der Waals surface area (Å²) in [5.74, 6) is -0.375. The van der Waals surface area contributed by atoms with E-state index in [0.29, 0.717) is 11.6 Å². The molecule has 21 heavy (non-hydrogen) atoms. The second kappa shape index (κ2) is 6.10. The van der Waals surface area contributed by atoms with E-state index >= 15 is 0 Å². The van der Waals surface area contributed by atoms with E-state index in [0.717, 1.165) is 18.5 Å². The summed E-state index contributed by atoms with van der Waals surface area (Å²) < 4.78 is 0. The summed E-state index contributed by atoms with van der Waals surface area (Å²) >= 11 is 0. The molecular formula is C18H20N2O. The van der Waals surface area contributed by atoms with Crippen molar-refractivity contribution in [2.45, 2.75) is 31.8 Å². The summed E-state index contributed by atoms with van der Waals surface area (Å²) in [6.07, 6.45) is 3.55. The lowest BCUT2D eigenvalue weighted by molar-refractivity contribution is 0.1000. The highest BCUT2D eigenvalue weighted by molar-refractivity contribution is 5.92. The number of carbonyl (C=O) groups excluding carboxylic acids is 1. The van der Waals surface area contributed by atoms with Crippen molar-refractivity contribution in [3.63, 3.8) is 0 Å². The molecule has 1 aliphatic carbocycles. The normalized spacial score (nSPS) is 17.2.